The zero-order valence-corrected chi connectivity index (χ0v) is 11.0. The van der Waals surface area contributed by atoms with Crippen LogP contribution in [0, 0.1) is 0 Å². The predicted molar refractivity (Wildman–Crippen MR) is 72.0 cm³/mol. The molecule has 0 unspecified atom stereocenters. The van der Waals surface area contributed by atoms with Gasteiger partial charge in [-0.25, -0.2) is 4.79 Å². The summed E-state index contributed by atoms with van der Waals surface area (Å²) in [7, 11) is 3.57. The van der Waals surface area contributed by atoms with Crippen LogP contribution in [0.1, 0.15) is 17.3 Å². The summed E-state index contributed by atoms with van der Waals surface area (Å²) in [6, 6.07) is 6.68. The fraction of sp³-hybridized carbons (Fsp3) is 0.385. The number of hydrogen-bond acceptors (Lipinski definition) is 3. The average Bonchev–Trinajstić information content (AvgIpc) is 2.36. The van der Waals surface area contributed by atoms with E-state index in [1.54, 1.807) is 36.2 Å². The third kappa shape index (κ3) is 4.18. The second kappa shape index (κ2) is 6.76. The van der Waals surface area contributed by atoms with Crippen LogP contribution in [-0.2, 0) is 0 Å². The molecule has 2 amide bonds. The molecule has 0 radical (unpaired) electrons. The summed E-state index contributed by atoms with van der Waals surface area (Å²) in [4.78, 5) is 24.5. The van der Waals surface area contributed by atoms with Crippen LogP contribution in [-0.4, -0.2) is 43.9 Å². The van der Waals surface area contributed by atoms with Crippen LogP contribution < -0.4 is 10.6 Å². The first-order chi connectivity index (χ1) is 8.54. The van der Waals surface area contributed by atoms with Crippen LogP contribution in [0.2, 0.25) is 0 Å². The van der Waals surface area contributed by atoms with E-state index in [2.05, 4.69) is 10.6 Å². The van der Waals surface area contributed by atoms with Crippen LogP contribution >= 0.6 is 0 Å². The Morgan fingerprint density at radius 1 is 1.22 bits per heavy atom. The van der Waals surface area contributed by atoms with Crippen molar-refractivity contribution in [3.63, 3.8) is 0 Å². The van der Waals surface area contributed by atoms with Crippen LogP contribution in [0.5, 0.6) is 0 Å². The molecule has 1 aromatic rings. The number of nitrogens with one attached hydrogen (secondary N) is 2. The van der Waals surface area contributed by atoms with Crippen molar-refractivity contribution < 1.29 is 9.59 Å². The van der Waals surface area contributed by atoms with E-state index in [1.807, 2.05) is 7.05 Å². The topological polar surface area (TPSA) is 61.4 Å². The monoisotopic (exact) mass is 249 g/mol. The molecule has 18 heavy (non-hydrogen) atoms. The number of rotatable bonds is 5. The van der Waals surface area contributed by atoms with E-state index in [0.717, 1.165) is 6.54 Å². The van der Waals surface area contributed by atoms with E-state index >= 15 is 0 Å². The van der Waals surface area contributed by atoms with Gasteiger partial charge in [-0.3, -0.25) is 4.79 Å². The van der Waals surface area contributed by atoms with Crippen molar-refractivity contribution >= 4 is 17.5 Å². The van der Waals surface area contributed by atoms with Crippen molar-refractivity contribution in [2.24, 2.45) is 0 Å². The molecule has 0 aliphatic carbocycles. The molecule has 0 bridgehead atoms. The largest absolute Gasteiger partial charge is 0.326 e. The summed E-state index contributed by atoms with van der Waals surface area (Å²) in [6.07, 6.45) is 0. The number of amides is 2. The van der Waals surface area contributed by atoms with Crippen molar-refractivity contribution in [2.75, 3.05) is 32.5 Å². The minimum absolute atomic E-state index is 0.0130. The molecule has 0 atom stereocenters. The summed E-state index contributed by atoms with van der Waals surface area (Å²) in [5.74, 6) is 0.0130. The van der Waals surface area contributed by atoms with E-state index in [9.17, 15) is 9.59 Å². The number of urea groups is 1. The van der Waals surface area contributed by atoms with Crippen molar-refractivity contribution in [2.45, 2.75) is 6.92 Å². The number of carbonyl (C=O) groups excluding carboxylic acids is 2. The van der Waals surface area contributed by atoms with Gasteiger partial charge in [0.2, 0.25) is 0 Å². The van der Waals surface area contributed by atoms with Crippen LogP contribution in [0.4, 0.5) is 10.5 Å². The lowest BCUT2D eigenvalue weighted by molar-refractivity contribution is 0.101. The number of anilines is 1. The van der Waals surface area contributed by atoms with E-state index in [-0.39, 0.29) is 11.8 Å². The third-order valence-electron chi connectivity index (χ3n) is 2.59. The quantitative estimate of drug-likeness (QED) is 0.779. The number of Topliss-reactive ketones (excluding diaryl/α,β-unsaturated/α-hetero) is 1. The standard InChI is InChI=1S/C13H19N3O2/c1-10(17)11-4-6-12(7-5-11)15-13(18)16(3)9-8-14-2/h4-7,14H,8-9H2,1-3H3,(H,15,18). The van der Waals surface area contributed by atoms with Gasteiger partial charge in [-0.1, -0.05) is 0 Å². The Labute approximate surface area is 107 Å². The van der Waals surface area contributed by atoms with Gasteiger partial charge in [0, 0.05) is 31.4 Å². The molecular weight excluding hydrogens is 230 g/mol. The SMILES string of the molecule is CNCCN(C)C(=O)Nc1ccc(C(C)=O)cc1. The fourth-order valence-corrected chi connectivity index (χ4v) is 1.39. The Balaban J connectivity index is 2.56. The molecule has 98 valence electrons. The van der Waals surface area contributed by atoms with Crippen LogP contribution in [0.3, 0.4) is 0 Å². The second-order valence-electron chi connectivity index (χ2n) is 4.09. The molecular formula is C13H19N3O2. The van der Waals surface area contributed by atoms with E-state index < -0.39 is 0 Å². The Hall–Kier alpha value is -1.88. The van der Waals surface area contributed by atoms with Gasteiger partial charge in [-0.2, -0.15) is 0 Å². The first-order valence-corrected chi connectivity index (χ1v) is 5.82. The summed E-state index contributed by atoms with van der Waals surface area (Å²) in [5, 5.41) is 5.74. The highest BCUT2D eigenvalue weighted by atomic mass is 16.2. The van der Waals surface area contributed by atoms with Gasteiger partial charge in [0.15, 0.2) is 5.78 Å². The Bertz CT molecular complexity index is 415. The third-order valence-corrected chi connectivity index (χ3v) is 2.59. The zero-order chi connectivity index (χ0) is 13.5. The summed E-state index contributed by atoms with van der Waals surface area (Å²) >= 11 is 0. The molecule has 0 fully saturated rings. The number of hydrogen-bond donors (Lipinski definition) is 2. The average molecular weight is 249 g/mol. The minimum Gasteiger partial charge on any atom is -0.326 e. The molecule has 0 spiro atoms. The Kier molecular flexibility index (Phi) is 5.32. The molecule has 0 saturated carbocycles. The number of carbonyl (C=O) groups is 2. The van der Waals surface area contributed by atoms with Gasteiger partial charge in [0.05, 0.1) is 0 Å². The Morgan fingerprint density at radius 3 is 2.33 bits per heavy atom. The molecule has 0 heterocycles. The zero-order valence-electron chi connectivity index (χ0n) is 11.0. The maximum Gasteiger partial charge on any atom is 0.321 e. The van der Waals surface area contributed by atoms with Crippen LogP contribution in [0.25, 0.3) is 0 Å². The number of benzene rings is 1. The maximum absolute atomic E-state index is 11.8. The van der Waals surface area contributed by atoms with Gasteiger partial charge in [0.1, 0.15) is 0 Å². The number of nitrogens with zero attached hydrogens (tertiary/aromatic N) is 1. The lowest BCUT2D eigenvalue weighted by Crippen LogP contribution is -2.35. The summed E-state index contributed by atoms with van der Waals surface area (Å²) in [6.45, 7) is 2.89. The van der Waals surface area contributed by atoms with E-state index in [0.29, 0.717) is 17.8 Å². The van der Waals surface area contributed by atoms with Gasteiger partial charge < -0.3 is 15.5 Å². The highest BCUT2D eigenvalue weighted by Crippen LogP contribution is 2.10. The van der Waals surface area contributed by atoms with E-state index in [4.69, 9.17) is 0 Å². The van der Waals surface area contributed by atoms with Crippen molar-refractivity contribution in [1.82, 2.24) is 10.2 Å². The first kappa shape index (κ1) is 14.2. The molecule has 1 aromatic carbocycles. The van der Waals surface area contributed by atoms with E-state index in [1.165, 1.54) is 6.92 Å². The van der Waals surface area contributed by atoms with Crippen molar-refractivity contribution in [1.29, 1.82) is 0 Å². The first-order valence-electron chi connectivity index (χ1n) is 5.82. The predicted octanol–water partition coefficient (Wildman–Crippen LogP) is 1.57. The van der Waals surface area contributed by atoms with Gasteiger partial charge >= 0.3 is 6.03 Å². The molecule has 0 aliphatic rings. The molecule has 0 saturated heterocycles. The molecule has 0 aromatic heterocycles. The highest BCUT2D eigenvalue weighted by Gasteiger charge is 2.08. The molecule has 5 nitrogen and oxygen atoms in total. The molecule has 1 rings (SSSR count). The summed E-state index contributed by atoms with van der Waals surface area (Å²) in [5.41, 5.74) is 1.32. The smallest absolute Gasteiger partial charge is 0.321 e. The normalized spacial score (nSPS) is 9.94. The second-order valence-corrected chi connectivity index (χ2v) is 4.09. The lowest BCUT2D eigenvalue weighted by atomic mass is 10.1. The number of ketones is 1. The molecule has 0 aliphatic heterocycles. The van der Waals surface area contributed by atoms with Crippen LogP contribution in [0.15, 0.2) is 24.3 Å². The van der Waals surface area contributed by atoms with Crippen molar-refractivity contribution in [3.05, 3.63) is 29.8 Å². The highest BCUT2D eigenvalue weighted by molar-refractivity contribution is 5.95. The molecule has 5 heteroatoms. The van der Waals surface area contributed by atoms with Gasteiger partial charge in [0.25, 0.3) is 0 Å². The van der Waals surface area contributed by atoms with Gasteiger partial charge in [-0.15, -0.1) is 0 Å². The fourth-order valence-electron chi connectivity index (χ4n) is 1.39. The van der Waals surface area contributed by atoms with Gasteiger partial charge in [-0.05, 0) is 38.2 Å². The number of likely N-dealkylation sites (N-methyl/N-ethyl adjacent to an activating group) is 2. The molecule has 2 N–H and O–H groups in total. The summed E-state index contributed by atoms with van der Waals surface area (Å²) < 4.78 is 0. The lowest BCUT2D eigenvalue weighted by Gasteiger charge is -2.17. The van der Waals surface area contributed by atoms with Crippen molar-refractivity contribution in [3.8, 4) is 0 Å². The minimum atomic E-state index is -0.166. The Morgan fingerprint density at radius 2 is 1.83 bits per heavy atom. The maximum atomic E-state index is 11.8.